The van der Waals surface area contributed by atoms with Crippen LogP contribution in [0.1, 0.15) is 68.3 Å². The second-order valence-corrected chi connectivity index (χ2v) is 11.8. The molecule has 3 heterocycles. The summed E-state index contributed by atoms with van der Waals surface area (Å²) in [4.78, 5) is 41.8. The van der Waals surface area contributed by atoms with Crippen LogP contribution in [0, 0.1) is 5.41 Å². The molecule has 7 nitrogen and oxygen atoms in total. The van der Waals surface area contributed by atoms with E-state index in [0.717, 1.165) is 64.2 Å². The van der Waals surface area contributed by atoms with Crippen molar-refractivity contribution in [1.29, 1.82) is 0 Å². The standard InChI is InChI=1S/C30H33N5O2S/c1-6-21-22(7-2)32-24-15-20(8-10-23(24)31-21)28(37)34-29-33-25(17-38-29)18-9-11-26-19(14-18)12-13-35(26)27(36)16-30(3,4)5/h8-11,14-15,17H,6-7,12-13,16H2,1-5H3,(H,33,34,37). The lowest BCUT2D eigenvalue weighted by atomic mass is 9.91. The zero-order valence-corrected chi connectivity index (χ0v) is 23.4. The number of nitrogens with zero attached hydrogens (tertiary/aromatic N) is 4. The van der Waals surface area contributed by atoms with Crippen LogP contribution in [0.3, 0.4) is 0 Å². The van der Waals surface area contributed by atoms with E-state index in [1.807, 2.05) is 28.5 Å². The lowest BCUT2D eigenvalue weighted by Gasteiger charge is -2.23. The monoisotopic (exact) mass is 527 g/mol. The molecular formula is C30H33N5O2S. The summed E-state index contributed by atoms with van der Waals surface area (Å²) in [5.41, 5.74) is 7.89. The maximum Gasteiger partial charge on any atom is 0.257 e. The molecule has 0 bridgehead atoms. The second kappa shape index (κ2) is 10.3. The Morgan fingerprint density at radius 1 is 0.974 bits per heavy atom. The van der Waals surface area contributed by atoms with Crippen molar-refractivity contribution in [3.63, 3.8) is 0 Å². The topological polar surface area (TPSA) is 88.1 Å². The van der Waals surface area contributed by atoms with E-state index in [2.05, 4.69) is 51.0 Å². The number of rotatable bonds is 6. The summed E-state index contributed by atoms with van der Waals surface area (Å²) in [5, 5.41) is 5.41. The molecular weight excluding hydrogens is 494 g/mol. The summed E-state index contributed by atoms with van der Waals surface area (Å²) in [7, 11) is 0. The molecule has 5 rings (SSSR count). The lowest BCUT2D eigenvalue weighted by molar-refractivity contribution is -0.120. The number of hydrogen-bond donors (Lipinski definition) is 1. The first-order valence-electron chi connectivity index (χ1n) is 13.1. The molecule has 0 atom stereocenters. The average molecular weight is 528 g/mol. The molecule has 8 heteroatoms. The van der Waals surface area contributed by atoms with E-state index in [4.69, 9.17) is 9.97 Å². The van der Waals surface area contributed by atoms with Gasteiger partial charge in [-0.1, -0.05) is 40.7 Å². The summed E-state index contributed by atoms with van der Waals surface area (Å²) >= 11 is 1.39. The van der Waals surface area contributed by atoms with Gasteiger partial charge in [0.15, 0.2) is 5.13 Å². The molecule has 1 aliphatic rings. The summed E-state index contributed by atoms with van der Waals surface area (Å²) < 4.78 is 0. The smallest absolute Gasteiger partial charge is 0.257 e. The first-order valence-corrected chi connectivity index (χ1v) is 14.0. The van der Waals surface area contributed by atoms with Gasteiger partial charge in [-0.25, -0.2) is 15.0 Å². The number of fused-ring (bicyclic) bond motifs is 2. The van der Waals surface area contributed by atoms with Gasteiger partial charge in [0.05, 0.1) is 28.1 Å². The van der Waals surface area contributed by atoms with Crippen molar-refractivity contribution >= 4 is 45.0 Å². The molecule has 0 aliphatic carbocycles. The van der Waals surface area contributed by atoms with Crippen molar-refractivity contribution in [2.45, 2.75) is 60.3 Å². The minimum absolute atomic E-state index is 0.0432. The molecule has 196 valence electrons. The van der Waals surface area contributed by atoms with Crippen molar-refractivity contribution in [3.05, 3.63) is 64.3 Å². The highest BCUT2D eigenvalue weighted by molar-refractivity contribution is 7.14. The third kappa shape index (κ3) is 5.31. The van der Waals surface area contributed by atoms with Crippen LogP contribution in [0.15, 0.2) is 41.8 Å². The van der Waals surface area contributed by atoms with E-state index < -0.39 is 0 Å². The van der Waals surface area contributed by atoms with E-state index in [1.54, 1.807) is 12.1 Å². The number of carbonyl (C=O) groups is 2. The molecule has 1 N–H and O–H groups in total. The van der Waals surface area contributed by atoms with Gasteiger partial charge in [0.25, 0.3) is 5.91 Å². The number of nitrogens with one attached hydrogen (secondary N) is 1. The van der Waals surface area contributed by atoms with Crippen molar-refractivity contribution in [2.24, 2.45) is 5.41 Å². The number of aromatic nitrogens is 3. The SMILES string of the molecule is CCc1nc2ccc(C(=O)Nc3nc(-c4ccc5c(c4)CCN5C(=O)CC(C)(C)C)cs3)cc2nc1CC. The number of carbonyl (C=O) groups excluding carboxylic acids is 2. The third-order valence-electron chi connectivity index (χ3n) is 6.73. The molecule has 2 aromatic carbocycles. The first kappa shape index (κ1) is 26.0. The predicted molar refractivity (Wildman–Crippen MR) is 154 cm³/mol. The predicted octanol–water partition coefficient (Wildman–Crippen LogP) is 6.46. The zero-order valence-electron chi connectivity index (χ0n) is 22.6. The Bertz CT molecular complexity index is 1540. The van der Waals surface area contributed by atoms with E-state index in [9.17, 15) is 9.59 Å². The van der Waals surface area contributed by atoms with Crippen molar-refractivity contribution < 1.29 is 9.59 Å². The average Bonchev–Trinajstić information content (AvgIpc) is 3.53. The molecule has 0 fully saturated rings. The quantitative estimate of drug-likeness (QED) is 0.311. The molecule has 0 radical (unpaired) electrons. The van der Waals surface area contributed by atoms with Gasteiger partial charge in [0, 0.05) is 35.2 Å². The lowest BCUT2D eigenvalue weighted by Crippen LogP contribution is -2.31. The van der Waals surface area contributed by atoms with Gasteiger partial charge in [0.2, 0.25) is 5.91 Å². The van der Waals surface area contributed by atoms with Crippen LogP contribution in [0.5, 0.6) is 0 Å². The summed E-state index contributed by atoms with van der Waals surface area (Å²) in [6.07, 6.45) is 2.99. The summed E-state index contributed by atoms with van der Waals surface area (Å²) in [6.45, 7) is 11.1. The number of benzene rings is 2. The normalized spacial score (nSPS) is 13.1. The van der Waals surface area contributed by atoms with Crippen LogP contribution in [-0.2, 0) is 24.1 Å². The molecule has 0 unspecified atom stereocenters. The molecule has 38 heavy (non-hydrogen) atoms. The van der Waals surface area contributed by atoms with E-state index in [1.165, 1.54) is 11.3 Å². The molecule has 2 aromatic heterocycles. The fraction of sp³-hybridized carbons (Fsp3) is 0.367. The van der Waals surface area contributed by atoms with Gasteiger partial charge >= 0.3 is 0 Å². The highest BCUT2D eigenvalue weighted by Gasteiger charge is 2.28. The Labute approximate surface area is 227 Å². The number of thiazole rings is 1. The van der Waals surface area contributed by atoms with Crippen LogP contribution in [0.25, 0.3) is 22.3 Å². The number of hydrogen-bond acceptors (Lipinski definition) is 6. The zero-order chi connectivity index (χ0) is 27.0. The van der Waals surface area contributed by atoms with Crippen LogP contribution in [0.4, 0.5) is 10.8 Å². The molecule has 1 aliphatic heterocycles. The summed E-state index contributed by atoms with van der Waals surface area (Å²) in [6, 6.07) is 11.5. The third-order valence-corrected chi connectivity index (χ3v) is 7.49. The molecule has 2 amide bonds. The maximum atomic E-state index is 13.0. The van der Waals surface area contributed by atoms with Gasteiger partial charge in [-0.3, -0.25) is 14.9 Å². The van der Waals surface area contributed by atoms with E-state index in [-0.39, 0.29) is 17.2 Å². The second-order valence-electron chi connectivity index (χ2n) is 10.9. The fourth-order valence-corrected chi connectivity index (χ4v) is 5.55. The fourth-order valence-electron chi connectivity index (χ4n) is 4.84. The molecule has 0 saturated carbocycles. The highest BCUT2D eigenvalue weighted by Crippen LogP contribution is 2.35. The Hall–Kier alpha value is -3.65. The minimum atomic E-state index is -0.228. The molecule has 0 spiro atoms. The Morgan fingerprint density at radius 3 is 2.42 bits per heavy atom. The maximum absolute atomic E-state index is 13.0. The van der Waals surface area contributed by atoms with Crippen molar-refractivity contribution in [1.82, 2.24) is 15.0 Å². The largest absolute Gasteiger partial charge is 0.312 e. The van der Waals surface area contributed by atoms with E-state index in [0.29, 0.717) is 23.7 Å². The molecule has 4 aromatic rings. The number of amides is 2. The van der Waals surface area contributed by atoms with Crippen LogP contribution >= 0.6 is 11.3 Å². The van der Waals surface area contributed by atoms with Crippen LogP contribution in [-0.4, -0.2) is 33.3 Å². The Morgan fingerprint density at radius 2 is 1.71 bits per heavy atom. The van der Waals surface area contributed by atoms with Crippen LogP contribution < -0.4 is 10.2 Å². The van der Waals surface area contributed by atoms with Gasteiger partial charge in [-0.15, -0.1) is 11.3 Å². The van der Waals surface area contributed by atoms with Gasteiger partial charge in [-0.2, -0.15) is 0 Å². The van der Waals surface area contributed by atoms with Gasteiger partial charge < -0.3 is 4.90 Å². The Kier molecular flexibility index (Phi) is 7.01. The summed E-state index contributed by atoms with van der Waals surface area (Å²) in [5.74, 6) is -0.0618. The highest BCUT2D eigenvalue weighted by atomic mass is 32.1. The minimum Gasteiger partial charge on any atom is -0.312 e. The van der Waals surface area contributed by atoms with Gasteiger partial charge in [-0.05, 0) is 60.6 Å². The van der Waals surface area contributed by atoms with Crippen molar-refractivity contribution in [2.75, 3.05) is 16.8 Å². The Balaban J connectivity index is 1.31. The number of anilines is 2. The first-order chi connectivity index (χ1) is 18.1. The van der Waals surface area contributed by atoms with Gasteiger partial charge in [0.1, 0.15) is 0 Å². The van der Waals surface area contributed by atoms with Crippen molar-refractivity contribution in [3.8, 4) is 11.3 Å². The van der Waals surface area contributed by atoms with E-state index >= 15 is 0 Å². The van der Waals surface area contributed by atoms with Crippen LogP contribution in [0.2, 0.25) is 0 Å². The number of aryl methyl sites for hydroxylation is 2. The molecule has 0 saturated heterocycles.